The van der Waals surface area contributed by atoms with Gasteiger partial charge in [0.25, 0.3) is 0 Å². The van der Waals surface area contributed by atoms with Crippen LogP contribution in [0.2, 0.25) is 0 Å². The molecule has 0 amide bonds. The maximum Gasteiger partial charge on any atom is 0.490 e. The highest BCUT2D eigenvalue weighted by Crippen LogP contribution is 2.41. The Balaban J connectivity index is 0.000000301. The van der Waals surface area contributed by atoms with Crippen molar-refractivity contribution in [3.05, 3.63) is 16.1 Å². The quantitative estimate of drug-likeness (QED) is 0.474. The maximum atomic E-state index is 10.6. The van der Waals surface area contributed by atoms with Crippen LogP contribution in [0, 0.1) is 12.8 Å². The topological polar surface area (TPSA) is 103 Å². The van der Waals surface area contributed by atoms with Crippen LogP contribution >= 0.6 is 11.3 Å². The zero-order valence-electron chi connectivity index (χ0n) is 21.1. The number of thiazole rings is 1. The number of halogens is 6. The molecule has 3 heterocycles. The summed E-state index contributed by atoms with van der Waals surface area (Å²) < 4.78 is 69.5. The van der Waals surface area contributed by atoms with E-state index in [2.05, 4.69) is 34.1 Å². The SMILES string of the molecule is Cc1csc(CN2CCC3(CCC(COCC4CC4)N3C)CC2)n1.O=C(O)C(F)(F)F.O=C(O)C(F)(F)F. The average Bonchev–Trinajstić information content (AvgIpc) is 3.48. The molecule has 8 nitrogen and oxygen atoms in total. The Labute approximate surface area is 220 Å². The Morgan fingerprint density at radius 3 is 1.97 bits per heavy atom. The molecule has 0 aromatic carbocycles. The number of hydrogen-bond acceptors (Lipinski definition) is 7. The van der Waals surface area contributed by atoms with Crippen LogP contribution in [0.15, 0.2) is 5.38 Å². The van der Waals surface area contributed by atoms with Gasteiger partial charge in [-0.05, 0) is 58.4 Å². The lowest BCUT2D eigenvalue weighted by Crippen LogP contribution is -2.52. The summed E-state index contributed by atoms with van der Waals surface area (Å²) in [7, 11) is 2.35. The van der Waals surface area contributed by atoms with Crippen molar-refractivity contribution in [1.29, 1.82) is 0 Å². The van der Waals surface area contributed by atoms with Gasteiger partial charge in [0.05, 0.1) is 13.2 Å². The van der Waals surface area contributed by atoms with Gasteiger partial charge in [0.2, 0.25) is 0 Å². The number of carboxylic acids is 2. The highest BCUT2D eigenvalue weighted by atomic mass is 32.1. The number of alkyl halides is 6. The number of piperidine rings is 1. The number of likely N-dealkylation sites (N-methyl/N-ethyl adjacent to an activating group) is 1. The number of aryl methyl sites for hydroxylation is 1. The predicted molar refractivity (Wildman–Crippen MR) is 126 cm³/mol. The molecule has 2 saturated heterocycles. The first-order valence-corrected chi connectivity index (χ1v) is 13.0. The summed E-state index contributed by atoms with van der Waals surface area (Å²) >= 11 is 1.80. The van der Waals surface area contributed by atoms with E-state index in [0.29, 0.717) is 11.6 Å². The number of carboxylic acid groups (broad SMARTS) is 2. The lowest BCUT2D eigenvalue weighted by Gasteiger charge is -2.45. The Bertz CT molecular complexity index is 890. The van der Waals surface area contributed by atoms with Crippen molar-refractivity contribution in [3.8, 4) is 0 Å². The van der Waals surface area contributed by atoms with Crippen LogP contribution in [0.1, 0.15) is 49.2 Å². The van der Waals surface area contributed by atoms with Gasteiger partial charge in [0.1, 0.15) is 5.01 Å². The molecule has 1 atom stereocenters. The second kappa shape index (κ2) is 13.4. The van der Waals surface area contributed by atoms with Crippen LogP contribution in [-0.4, -0.2) is 94.2 Å². The number of hydrogen-bond donors (Lipinski definition) is 2. The van der Waals surface area contributed by atoms with Crippen LogP contribution < -0.4 is 0 Å². The lowest BCUT2D eigenvalue weighted by atomic mass is 9.85. The molecule has 2 aliphatic heterocycles. The number of carbonyl (C=O) groups is 2. The van der Waals surface area contributed by atoms with Crippen molar-refractivity contribution >= 4 is 23.3 Å². The van der Waals surface area contributed by atoms with Gasteiger partial charge < -0.3 is 14.9 Å². The molecule has 1 saturated carbocycles. The molecular weight excluding hydrogens is 544 g/mol. The van der Waals surface area contributed by atoms with E-state index in [0.717, 1.165) is 31.4 Å². The third kappa shape index (κ3) is 10.3. The molecule has 15 heteroatoms. The molecule has 4 rings (SSSR count). The molecule has 0 bridgehead atoms. The zero-order valence-corrected chi connectivity index (χ0v) is 22.0. The maximum absolute atomic E-state index is 10.6. The molecule has 2 N–H and O–H groups in total. The van der Waals surface area contributed by atoms with Crippen LogP contribution in [0.25, 0.3) is 0 Å². The molecule has 1 spiro atoms. The Morgan fingerprint density at radius 2 is 1.55 bits per heavy atom. The smallest absolute Gasteiger partial charge is 0.475 e. The van der Waals surface area contributed by atoms with E-state index in [1.807, 2.05) is 0 Å². The Kier molecular flexibility index (Phi) is 11.4. The average molecular weight is 578 g/mol. The van der Waals surface area contributed by atoms with Gasteiger partial charge in [-0.25, -0.2) is 14.6 Å². The van der Waals surface area contributed by atoms with Crippen molar-refractivity contribution in [2.45, 2.75) is 75.9 Å². The monoisotopic (exact) mass is 577 g/mol. The highest BCUT2D eigenvalue weighted by Gasteiger charge is 2.45. The summed E-state index contributed by atoms with van der Waals surface area (Å²) in [6.07, 6.45) is -2.13. The second-order valence-corrected chi connectivity index (χ2v) is 10.7. The third-order valence-electron chi connectivity index (χ3n) is 6.90. The van der Waals surface area contributed by atoms with Crippen molar-refractivity contribution in [1.82, 2.24) is 14.8 Å². The molecule has 38 heavy (non-hydrogen) atoms. The largest absolute Gasteiger partial charge is 0.490 e. The van der Waals surface area contributed by atoms with E-state index in [1.54, 1.807) is 11.3 Å². The molecule has 1 unspecified atom stereocenters. The van der Waals surface area contributed by atoms with Crippen molar-refractivity contribution in [3.63, 3.8) is 0 Å². The number of ether oxygens (including phenoxy) is 1. The molecule has 1 aromatic heterocycles. The van der Waals surface area contributed by atoms with Gasteiger partial charge in [-0.1, -0.05) is 0 Å². The summed E-state index contributed by atoms with van der Waals surface area (Å²) in [5, 5.41) is 17.7. The van der Waals surface area contributed by atoms with E-state index in [1.165, 1.54) is 56.6 Å². The third-order valence-corrected chi connectivity index (χ3v) is 7.85. The minimum Gasteiger partial charge on any atom is -0.475 e. The molecule has 218 valence electrons. The van der Waals surface area contributed by atoms with Crippen LogP contribution in [0.4, 0.5) is 26.3 Å². The van der Waals surface area contributed by atoms with Crippen molar-refractivity contribution < 1.29 is 50.9 Å². The zero-order chi connectivity index (χ0) is 28.7. The van der Waals surface area contributed by atoms with E-state index in [9.17, 15) is 26.3 Å². The molecule has 3 fully saturated rings. The predicted octanol–water partition coefficient (Wildman–Crippen LogP) is 4.57. The number of aromatic nitrogens is 1. The van der Waals surface area contributed by atoms with E-state index in [-0.39, 0.29) is 0 Å². The first-order valence-electron chi connectivity index (χ1n) is 12.1. The van der Waals surface area contributed by atoms with Crippen LogP contribution in [-0.2, 0) is 20.9 Å². The molecule has 1 aromatic rings. The molecular formula is C23H33F6N3O5S. The number of nitrogens with zero attached hydrogens (tertiary/aromatic N) is 3. The molecule has 1 aliphatic carbocycles. The number of rotatable bonds is 6. The minimum absolute atomic E-state index is 0.433. The summed E-state index contributed by atoms with van der Waals surface area (Å²) in [5.74, 6) is -4.64. The van der Waals surface area contributed by atoms with Gasteiger partial charge in [0, 0.05) is 42.4 Å². The van der Waals surface area contributed by atoms with Gasteiger partial charge in [-0.3, -0.25) is 9.80 Å². The highest BCUT2D eigenvalue weighted by molar-refractivity contribution is 7.09. The standard InChI is InChI=1S/C19H31N3OS.2C2HF3O2/c1-15-14-24-18(20-15)11-22-9-7-19(8-10-22)6-5-17(21(19)2)13-23-12-16-3-4-16;2*3-2(4,5)1(6)7/h14,16-17H,3-13H2,1-2H3;2*(H,6,7). The summed E-state index contributed by atoms with van der Waals surface area (Å²) in [6.45, 7) is 7.47. The van der Waals surface area contributed by atoms with Gasteiger partial charge in [-0.15, -0.1) is 11.3 Å². The first-order chi connectivity index (χ1) is 17.5. The first kappa shape index (κ1) is 32.2. The second-order valence-electron chi connectivity index (χ2n) is 9.77. The minimum atomic E-state index is -5.08. The Morgan fingerprint density at radius 1 is 1.03 bits per heavy atom. The number of likely N-dealkylation sites (tertiary alicyclic amines) is 2. The normalized spacial score (nSPS) is 21.8. The fraction of sp³-hybridized carbons (Fsp3) is 0.783. The molecule has 0 radical (unpaired) electrons. The lowest BCUT2D eigenvalue weighted by molar-refractivity contribution is -0.193. The van der Waals surface area contributed by atoms with Gasteiger partial charge in [0.15, 0.2) is 0 Å². The van der Waals surface area contributed by atoms with Crippen LogP contribution in [0.5, 0.6) is 0 Å². The number of aliphatic carboxylic acids is 2. The van der Waals surface area contributed by atoms with E-state index < -0.39 is 24.3 Å². The summed E-state index contributed by atoms with van der Waals surface area (Å²) in [4.78, 5) is 27.7. The fourth-order valence-electron chi connectivity index (χ4n) is 4.44. The fourth-order valence-corrected chi connectivity index (χ4v) is 5.25. The summed E-state index contributed by atoms with van der Waals surface area (Å²) in [5.41, 5.74) is 1.59. The van der Waals surface area contributed by atoms with Crippen LogP contribution in [0.3, 0.4) is 0 Å². The van der Waals surface area contributed by atoms with Crippen molar-refractivity contribution in [2.24, 2.45) is 5.92 Å². The Hall–Kier alpha value is -1.97. The van der Waals surface area contributed by atoms with E-state index >= 15 is 0 Å². The van der Waals surface area contributed by atoms with E-state index in [4.69, 9.17) is 24.5 Å². The van der Waals surface area contributed by atoms with Crippen molar-refractivity contribution in [2.75, 3.05) is 33.4 Å². The van der Waals surface area contributed by atoms with Gasteiger partial charge >= 0.3 is 24.3 Å². The van der Waals surface area contributed by atoms with Gasteiger partial charge in [-0.2, -0.15) is 26.3 Å². The summed E-state index contributed by atoms with van der Waals surface area (Å²) in [6, 6.07) is 0.636. The molecule has 3 aliphatic rings.